The van der Waals surface area contributed by atoms with Crippen molar-refractivity contribution in [2.45, 2.75) is 20.4 Å². The molecule has 0 atom stereocenters. The van der Waals surface area contributed by atoms with E-state index in [1.165, 1.54) is 0 Å². The zero-order chi connectivity index (χ0) is 13.8. The van der Waals surface area contributed by atoms with Crippen LogP contribution in [0.2, 0.25) is 0 Å². The normalized spacial score (nSPS) is 10.2. The van der Waals surface area contributed by atoms with Gasteiger partial charge in [0.15, 0.2) is 0 Å². The van der Waals surface area contributed by atoms with Crippen LogP contribution in [0.3, 0.4) is 0 Å². The summed E-state index contributed by atoms with van der Waals surface area (Å²) < 4.78 is 0. The van der Waals surface area contributed by atoms with Crippen molar-refractivity contribution in [3.8, 4) is 0 Å². The first-order valence-electron chi connectivity index (χ1n) is 5.98. The third-order valence-corrected chi connectivity index (χ3v) is 2.95. The van der Waals surface area contributed by atoms with Crippen molar-refractivity contribution in [1.29, 1.82) is 0 Å². The maximum atomic E-state index is 5.74. The molecule has 0 saturated carbocycles. The van der Waals surface area contributed by atoms with Crippen molar-refractivity contribution in [1.82, 2.24) is 9.97 Å². The Kier molecular flexibility index (Phi) is 4.06. The topological polar surface area (TPSA) is 63.8 Å². The van der Waals surface area contributed by atoms with E-state index in [0.717, 1.165) is 28.2 Å². The molecule has 0 spiro atoms. The maximum absolute atomic E-state index is 5.74. The Morgan fingerprint density at radius 3 is 2.68 bits per heavy atom. The Balaban J connectivity index is 2.15. The van der Waals surface area contributed by atoms with Gasteiger partial charge in [-0.15, -0.1) is 0 Å². The van der Waals surface area contributed by atoms with E-state index in [9.17, 15) is 0 Å². The van der Waals surface area contributed by atoms with E-state index in [0.29, 0.717) is 11.5 Å². The van der Waals surface area contributed by atoms with Crippen molar-refractivity contribution in [2.24, 2.45) is 5.73 Å². The average molecular weight is 272 g/mol. The third kappa shape index (κ3) is 3.48. The number of rotatable bonds is 4. The molecule has 0 bridgehead atoms. The summed E-state index contributed by atoms with van der Waals surface area (Å²) in [5, 5.41) is 3.29. The summed E-state index contributed by atoms with van der Waals surface area (Å²) in [6.07, 6.45) is 3.51. The molecule has 0 radical (unpaired) electrons. The second kappa shape index (κ2) is 5.75. The molecule has 0 amide bonds. The SMILES string of the molecule is Cc1ccc(NCc2cnc(C)cn2)c(C(N)=S)c1. The van der Waals surface area contributed by atoms with Crippen LogP contribution in [-0.2, 0) is 6.54 Å². The molecule has 5 heteroatoms. The minimum absolute atomic E-state index is 0.390. The number of nitrogens with two attached hydrogens (primary N) is 1. The summed E-state index contributed by atoms with van der Waals surface area (Å²) in [5.74, 6) is 0. The molecule has 0 unspecified atom stereocenters. The van der Waals surface area contributed by atoms with Crippen molar-refractivity contribution < 1.29 is 0 Å². The van der Waals surface area contributed by atoms with Gasteiger partial charge >= 0.3 is 0 Å². The van der Waals surface area contributed by atoms with Crippen LogP contribution < -0.4 is 11.1 Å². The number of aromatic nitrogens is 2. The Bertz CT molecular complexity index is 593. The van der Waals surface area contributed by atoms with E-state index in [-0.39, 0.29) is 0 Å². The van der Waals surface area contributed by atoms with E-state index in [2.05, 4.69) is 15.3 Å². The lowest BCUT2D eigenvalue weighted by molar-refractivity contribution is 0.984. The average Bonchev–Trinajstić information content (AvgIpc) is 2.39. The van der Waals surface area contributed by atoms with Crippen LogP contribution in [0.25, 0.3) is 0 Å². The van der Waals surface area contributed by atoms with Gasteiger partial charge in [0.2, 0.25) is 0 Å². The molecule has 1 heterocycles. The Hall–Kier alpha value is -2.01. The first-order chi connectivity index (χ1) is 9.06. The van der Waals surface area contributed by atoms with Gasteiger partial charge in [0, 0.05) is 17.4 Å². The molecule has 0 aliphatic carbocycles. The Morgan fingerprint density at radius 1 is 1.26 bits per heavy atom. The fourth-order valence-corrected chi connectivity index (χ4v) is 1.88. The molecule has 98 valence electrons. The summed E-state index contributed by atoms with van der Waals surface area (Å²) in [6, 6.07) is 5.97. The van der Waals surface area contributed by atoms with Crippen LogP contribution in [0.15, 0.2) is 30.6 Å². The molecule has 2 aromatic rings. The largest absolute Gasteiger partial charge is 0.389 e. The highest BCUT2D eigenvalue weighted by molar-refractivity contribution is 7.80. The fraction of sp³-hybridized carbons (Fsp3) is 0.214. The van der Waals surface area contributed by atoms with E-state index >= 15 is 0 Å². The standard InChI is InChI=1S/C14H16N4S/c1-9-3-4-13(12(5-9)14(15)19)18-8-11-7-16-10(2)6-17-11/h3-7,18H,8H2,1-2H3,(H2,15,19). The van der Waals surface area contributed by atoms with Crippen LogP contribution in [0.1, 0.15) is 22.5 Å². The quantitative estimate of drug-likeness (QED) is 0.836. The molecule has 0 aliphatic heterocycles. The first-order valence-corrected chi connectivity index (χ1v) is 6.39. The minimum Gasteiger partial charge on any atom is -0.389 e. The second-order valence-corrected chi connectivity index (χ2v) is 4.86. The van der Waals surface area contributed by atoms with Crippen molar-refractivity contribution in [3.63, 3.8) is 0 Å². The molecule has 2 rings (SSSR count). The van der Waals surface area contributed by atoms with Crippen LogP contribution in [0, 0.1) is 13.8 Å². The summed E-state index contributed by atoms with van der Waals surface area (Å²) >= 11 is 5.07. The summed E-state index contributed by atoms with van der Waals surface area (Å²) in [7, 11) is 0. The maximum Gasteiger partial charge on any atom is 0.106 e. The smallest absolute Gasteiger partial charge is 0.106 e. The lowest BCUT2D eigenvalue weighted by Crippen LogP contribution is -2.14. The van der Waals surface area contributed by atoms with E-state index in [4.69, 9.17) is 18.0 Å². The van der Waals surface area contributed by atoms with E-state index < -0.39 is 0 Å². The predicted molar refractivity (Wildman–Crippen MR) is 81.2 cm³/mol. The van der Waals surface area contributed by atoms with Crippen LogP contribution in [0.4, 0.5) is 5.69 Å². The van der Waals surface area contributed by atoms with Crippen molar-refractivity contribution in [3.05, 3.63) is 53.1 Å². The number of nitrogens with one attached hydrogen (secondary N) is 1. The van der Waals surface area contributed by atoms with Crippen molar-refractivity contribution >= 4 is 22.9 Å². The first kappa shape index (κ1) is 13.4. The van der Waals surface area contributed by atoms with Gasteiger partial charge in [0.25, 0.3) is 0 Å². The summed E-state index contributed by atoms with van der Waals surface area (Å²) in [4.78, 5) is 8.90. The van der Waals surface area contributed by atoms with Gasteiger partial charge < -0.3 is 11.1 Å². The Morgan fingerprint density at radius 2 is 2.05 bits per heavy atom. The second-order valence-electron chi connectivity index (χ2n) is 4.42. The minimum atomic E-state index is 0.390. The zero-order valence-electron chi connectivity index (χ0n) is 11.0. The van der Waals surface area contributed by atoms with Crippen LogP contribution in [-0.4, -0.2) is 15.0 Å². The number of hydrogen-bond acceptors (Lipinski definition) is 4. The van der Waals surface area contributed by atoms with Gasteiger partial charge in [-0.1, -0.05) is 23.8 Å². The highest BCUT2D eigenvalue weighted by Crippen LogP contribution is 2.18. The highest BCUT2D eigenvalue weighted by Gasteiger charge is 2.05. The van der Waals surface area contributed by atoms with E-state index in [1.54, 1.807) is 12.4 Å². The zero-order valence-corrected chi connectivity index (χ0v) is 11.8. The predicted octanol–water partition coefficient (Wildman–Crippen LogP) is 2.34. The third-order valence-electron chi connectivity index (χ3n) is 2.73. The van der Waals surface area contributed by atoms with Crippen molar-refractivity contribution in [2.75, 3.05) is 5.32 Å². The van der Waals surface area contributed by atoms with E-state index in [1.807, 2.05) is 32.0 Å². The lowest BCUT2D eigenvalue weighted by Gasteiger charge is -2.11. The van der Waals surface area contributed by atoms with Gasteiger partial charge in [-0.25, -0.2) is 0 Å². The van der Waals surface area contributed by atoms with Gasteiger partial charge in [-0.2, -0.15) is 0 Å². The summed E-state index contributed by atoms with van der Waals surface area (Å²) in [5.41, 5.74) is 10.4. The van der Waals surface area contributed by atoms with Gasteiger partial charge in [-0.05, 0) is 26.0 Å². The number of hydrogen-bond donors (Lipinski definition) is 2. The molecule has 1 aromatic heterocycles. The van der Waals surface area contributed by atoms with Gasteiger partial charge in [-0.3, -0.25) is 9.97 Å². The molecule has 0 fully saturated rings. The lowest BCUT2D eigenvalue weighted by atomic mass is 10.1. The van der Waals surface area contributed by atoms with Crippen LogP contribution >= 0.6 is 12.2 Å². The Labute approximate surface area is 118 Å². The monoisotopic (exact) mass is 272 g/mol. The molecule has 4 nitrogen and oxygen atoms in total. The highest BCUT2D eigenvalue weighted by atomic mass is 32.1. The molecule has 3 N–H and O–H groups in total. The molecule has 19 heavy (non-hydrogen) atoms. The number of thiocarbonyl (C=S) groups is 1. The van der Waals surface area contributed by atoms with Crippen LogP contribution in [0.5, 0.6) is 0 Å². The number of benzene rings is 1. The fourth-order valence-electron chi connectivity index (χ4n) is 1.71. The number of nitrogens with zero attached hydrogens (tertiary/aromatic N) is 2. The molecule has 0 saturated heterocycles. The molecule has 1 aromatic carbocycles. The number of aryl methyl sites for hydroxylation is 2. The molecule has 0 aliphatic rings. The van der Waals surface area contributed by atoms with Gasteiger partial charge in [0.1, 0.15) is 4.99 Å². The summed E-state index contributed by atoms with van der Waals surface area (Å²) in [6.45, 7) is 4.51. The van der Waals surface area contributed by atoms with Gasteiger partial charge in [0.05, 0.1) is 24.1 Å². The molecular formula is C14H16N4S. The number of anilines is 1. The molecular weight excluding hydrogens is 256 g/mol.